The van der Waals surface area contributed by atoms with E-state index in [1.807, 2.05) is 91.0 Å². The second-order valence-electron chi connectivity index (χ2n) is 6.28. The predicted octanol–water partition coefficient (Wildman–Crippen LogP) is 3.73. The Labute approximate surface area is 158 Å². The molecule has 0 aromatic heterocycles. The number of carboxylic acid groups (broad SMARTS) is 1. The minimum Gasteiger partial charge on any atom is -0.480 e. The number of hydrogen-bond acceptors (Lipinski definition) is 3. The van der Waals surface area contributed by atoms with Crippen LogP contribution in [0.2, 0.25) is 0 Å². The molecule has 3 aromatic rings. The maximum absolute atomic E-state index is 12.4. The summed E-state index contributed by atoms with van der Waals surface area (Å²) in [5.41, 5.74) is 6.34. The standard InChI is InChI=1S/C22H21NO2S/c23-21(16-26,20(24)25)22(17-10-4-1-5-11-17,18-12-6-2-7-13-18)19-14-8-3-9-15-19/h1-15,26H,16,23H2,(H,24,25). The Balaban J connectivity index is 2.50. The monoisotopic (exact) mass is 363 g/mol. The largest absolute Gasteiger partial charge is 0.480 e. The van der Waals surface area contributed by atoms with Gasteiger partial charge in [-0.05, 0) is 16.7 Å². The van der Waals surface area contributed by atoms with E-state index < -0.39 is 16.9 Å². The molecular formula is C22H21NO2S. The van der Waals surface area contributed by atoms with E-state index >= 15 is 0 Å². The number of nitrogens with two attached hydrogens (primary N) is 1. The molecule has 4 heteroatoms. The van der Waals surface area contributed by atoms with Gasteiger partial charge in [-0.2, -0.15) is 12.6 Å². The number of carbonyl (C=O) groups is 1. The van der Waals surface area contributed by atoms with Gasteiger partial charge in [0.1, 0.15) is 5.54 Å². The highest BCUT2D eigenvalue weighted by Crippen LogP contribution is 2.47. The van der Waals surface area contributed by atoms with Crippen molar-refractivity contribution in [2.75, 3.05) is 5.75 Å². The SMILES string of the molecule is NC(CS)(C(=O)O)C(c1ccccc1)(c1ccccc1)c1ccccc1. The molecule has 0 aliphatic carbocycles. The van der Waals surface area contributed by atoms with Crippen molar-refractivity contribution in [2.24, 2.45) is 5.73 Å². The Hall–Kier alpha value is -2.56. The van der Waals surface area contributed by atoms with Crippen molar-refractivity contribution in [2.45, 2.75) is 11.0 Å². The van der Waals surface area contributed by atoms with Gasteiger partial charge in [-0.25, -0.2) is 0 Å². The highest BCUT2D eigenvalue weighted by Gasteiger charge is 2.56. The molecule has 0 saturated heterocycles. The number of carboxylic acids is 1. The van der Waals surface area contributed by atoms with Crippen LogP contribution in [-0.2, 0) is 10.2 Å². The highest BCUT2D eigenvalue weighted by atomic mass is 32.1. The third kappa shape index (κ3) is 2.71. The van der Waals surface area contributed by atoms with E-state index in [0.717, 1.165) is 16.7 Å². The lowest BCUT2D eigenvalue weighted by Crippen LogP contribution is -2.66. The third-order valence-corrected chi connectivity index (χ3v) is 5.42. The molecule has 0 fully saturated rings. The number of benzene rings is 3. The molecule has 132 valence electrons. The van der Waals surface area contributed by atoms with E-state index in [2.05, 4.69) is 12.6 Å². The minimum absolute atomic E-state index is 0.0268. The summed E-state index contributed by atoms with van der Waals surface area (Å²) in [6.45, 7) is 0. The molecular weight excluding hydrogens is 342 g/mol. The van der Waals surface area contributed by atoms with E-state index in [4.69, 9.17) is 5.73 Å². The summed E-state index contributed by atoms with van der Waals surface area (Å²) in [7, 11) is 0. The van der Waals surface area contributed by atoms with Crippen molar-refractivity contribution in [1.82, 2.24) is 0 Å². The van der Waals surface area contributed by atoms with Crippen molar-refractivity contribution >= 4 is 18.6 Å². The number of thiol groups is 1. The van der Waals surface area contributed by atoms with Gasteiger partial charge >= 0.3 is 5.97 Å². The van der Waals surface area contributed by atoms with Crippen molar-refractivity contribution < 1.29 is 9.90 Å². The van der Waals surface area contributed by atoms with Gasteiger partial charge in [0.15, 0.2) is 0 Å². The van der Waals surface area contributed by atoms with Gasteiger partial charge in [0.2, 0.25) is 0 Å². The predicted molar refractivity (Wildman–Crippen MR) is 108 cm³/mol. The van der Waals surface area contributed by atoms with Crippen molar-refractivity contribution in [1.29, 1.82) is 0 Å². The maximum Gasteiger partial charge on any atom is 0.326 e. The van der Waals surface area contributed by atoms with Crippen LogP contribution >= 0.6 is 12.6 Å². The summed E-state index contributed by atoms with van der Waals surface area (Å²) in [5.74, 6) is -1.12. The molecule has 0 radical (unpaired) electrons. The summed E-state index contributed by atoms with van der Waals surface area (Å²) in [5, 5.41) is 10.2. The molecule has 0 bridgehead atoms. The third-order valence-electron chi connectivity index (χ3n) is 4.92. The molecule has 3 nitrogen and oxygen atoms in total. The van der Waals surface area contributed by atoms with Crippen LogP contribution in [0.3, 0.4) is 0 Å². The zero-order valence-corrected chi connectivity index (χ0v) is 15.1. The van der Waals surface area contributed by atoms with Crippen molar-refractivity contribution in [3.63, 3.8) is 0 Å². The second-order valence-corrected chi connectivity index (χ2v) is 6.60. The lowest BCUT2D eigenvalue weighted by atomic mass is 9.58. The van der Waals surface area contributed by atoms with E-state index in [1.165, 1.54) is 0 Å². The first-order valence-electron chi connectivity index (χ1n) is 8.37. The van der Waals surface area contributed by atoms with Crippen LogP contribution < -0.4 is 5.73 Å². The fourth-order valence-electron chi connectivity index (χ4n) is 3.68. The topological polar surface area (TPSA) is 63.3 Å². The number of rotatable bonds is 6. The Morgan fingerprint density at radius 3 is 1.31 bits per heavy atom. The van der Waals surface area contributed by atoms with Gasteiger partial charge in [-0.15, -0.1) is 0 Å². The van der Waals surface area contributed by atoms with Gasteiger partial charge in [0.25, 0.3) is 0 Å². The molecule has 26 heavy (non-hydrogen) atoms. The number of hydrogen-bond donors (Lipinski definition) is 3. The summed E-state index contributed by atoms with van der Waals surface area (Å²) in [4.78, 5) is 12.4. The molecule has 3 aromatic carbocycles. The number of aliphatic carboxylic acids is 1. The van der Waals surface area contributed by atoms with Crippen LogP contribution in [0.5, 0.6) is 0 Å². The molecule has 0 aliphatic heterocycles. The fraction of sp³-hybridized carbons (Fsp3) is 0.136. The first-order chi connectivity index (χ1) is 12.6. The van der Waals surface area contributed by atoms with Gasteiger partial charge in [-0.3, -0.25) is 4.79 Å². The van der Waals surface area contributed by atoms with Gasteiger partial charge in [0.05, 0.1) is 5.41 Å². The van der Waals surface area contributed by atoms with Crippen LogP contribution in [0.1, 0.15) is 16.7 Å². The molecule has 3 N–H and O–H groups in total. The Kier molecular flexibility index (Phi) is 5.16. The van der Waals surface area contributed by atoms with Crippen LogP contribution in [0.4, 0.5) is 0 Å². The quantitative estimate of drug-likeness (QED) is 0.462. The normalized spacial score (nSPS) is 13.8. The van der Waals surface area contributed by atoms with Crippen LogP contribution in [0.25, 0.3) is 0 Å². The van der Waals surface area contributed by atoms with Crippen LogP contribution in [0.15, 0.2) is 91.0 Å². The molecule has 0 heterocycles. The van der Waals surface area contributed by atoms with Crippen molar-refractivity contribution in [3.8, 4) is 0 Å². The van der Waals surface area contributed by atoms with Gasteiger partial charge in [-0.1, -0.05) is 91.0 Å². The zero-order chi connectivity index (χ0) is 18.6. The van der Waals surface area contributed by atoms with Crippen LogP contribution in [-0.4, -0.2) is 22.4 Å². The van der Waals surface area contributed by atoms with Gasteiger partial charge in [0, 0.05) is 5.75 Å². The summed E-state index contributed by atoms with van der Waals surface area (Å²) >= 11 is 4.38. The molecule has 0 spiro atoms. The highest BCUT2D eigenvalue weighted by molar-refractivity contribution is 7.80. The Morgan fingerprint density at radius 2 is 1.08 bits per heavy atom. The summed E-state index contributed by atoms with van der Waals surface area (Å²) in [6, 6.07) is 28.7. The molecule has 3 rings (SSSR count). The van der Waals surface area contributed by atoms with Crippen LogP contribution in [0, 0.1) is 0 Å². The van der Waals surface area contributed by atoms with E-state index in [1.54, 1.807) is 0 Å². The lowest BCUT2D eigenvalue weighted by molar-refractivity contribution is -0.144. The molecule has 1 unspecified atom stereocenters. The van der Waals surface area contributed by atoms with Gasteiger partial charge < -0.3 is 10.8 Å². The fourth-order valence-corrected chi connectivity index (χ4v) is 4.06. The second kappa shape index (κ2) is 7.36. The zero-order valence-electron chi connectivity index (χ0n) is 14.2. The minimum atomic E-state index is -1.65. The molecule has 1 atom stereocenters. The van der Waals surface area contributed by atoms with E-state index in [9.17, 15) is 9.90 Å². The molecule has 0 amide bonds. The Morgan fingerprint density at radius 1 is 0.769 bits per heavy atom. The first kappa shape index (κ1) is 18.2. The Bertz CT molecular complexity index is 772. The average Bonchev–Trinajstić information content (AvgIpc) is 2.70. The average molecular weight is 363 g/mol. The first-order valence-corrected chi connectivity index (χ1v) is 9.00. The lowest BCUT2D eigenvalue weighted by Gasteiger charge is -2.46. The molecule has 0 aliphatic rings. The summed E-state index contributed by atoms with van der Waals surface area (Å²) in [6.07, 6.45) is 0. The summed E-state index contributed by atoms with van der Waals surface area (Å²) < 4.78 is 0. The smallest absolute Gasteiger partial charge is 0.326 e. The maximum atomic E-state index is 12.4. The van der Waals surface area contributed by atoms with E-state index in [-0.39, 0.29) is 5.75 Å². The molecule has 0 saturated carbocycles. The van der Waals surface area contributed by atoms with E-state index in [0.29, 0.717) is 0 Å². The van der Waals surface area contributed by atoms with Crippen molar-refractivity contribution in [3.05, 3.63) is 108 Å².